The van der Waals surface area contributed by atoms with E-state index < -0.39 is 10.0 Å². The van der Waals surface area contributed by atoms with Crippen LogP contribution >= 0.6 is 0 Å². The van der Waals surface area contributed by atoms with Crippen molar-refractivity contribution >= 4 is 21.6 Å². The number of aromatic nitrogens is 1. The van der Waals surface area contributed by atoms with Gasteiger partial charge in [0.2, 0.25) is 0 Å². The average molecular weight is 373 g/mol. The Morgan fingerprint density at radius 2 is 1.73 bits per heavy atom. The van der Waals surface area contributed by atoms with Gasteiger partial charge < -0.3 is 4.90 Å². The van der Waals surface area contributed by atoms with Gasteiger partial charge in [-0.05, 0) is 44.4 Å². The van der Waals surface area contributed by atoms with Crippen LogP contribution in [0.1, 0.15) is 35.2 Å². The molecular weight excluding hydrogens is 350 g/mol. The highest BCUT2D eigenvalue weighted by molar-refractivity contribution is 7.92. The number of likely N-dealkylation sites (tertiary alicyclic amines) is 1. The van der Waals surface area contributed by atoms with E-state index in [2.05, 4.69) is 4.98 Å². The first-order valence-corrected chi connectivity index (χ1v) is 10.1. The van der Waals surface area contributed by atoms with E-state index in [1.165, 1.54) is 19.4 Å². The van der Waals surface area contributed by atoms with E-state index in [0.717, 1.165) is 42.2 Å². The fraction of sp³-hybridized carbons (Fsp3) is 0.368. The van der Waals surface area contributed by atoms with Crippen LogP contribution in [0.15, 0.2) is 47.6 Å². The monoisotopic (exact) mass is 373 g/mol. The fourth-order valence-electron chi connectivity index (χ4n) is 3.00. The zero-order valence-electron chi connectivity index (χ0n) is 15.1. The van der Waals surface area contributed by atoms with E-state index in [4.69, 9.17) is 0 Å². The third-order valence-electron chi connectivity index (χ3n) is 4.66. The second-order valence-corrected chi connectivity index (χ2v) is 8.54. The summed E-state index contributed by atoms with van der Waals surface area (Å²) in [5.74, 6) is -0.0971. The number of nitrogens with zero attached hydrogens (tertiary/aromatic N) is 3. The minimum Gasteiger partial charge on any atom is -0.339 e. The Balaban J connectivity index is 1.87. The Bertz CT molecular complexity index is 889. The summed E-state index contributed by atoms with van der Waals surface area (Å²) in [7, 11) is -2.23. The molecule has 0 saturated carbocycles. The lowest BCUT2D eigenvalue weighted by Crippen LogP contribution is -2.35. The number of anilines is 1. The fourth-order valence-corrected chi connectivity index (χ4v) is 4.18. The molecule has 6 nitrogen and oxygen atoms in total. The van der Waals surface area contributed by atoms with Crippen molar-refractivity contribution in [2.24, 2.45) is 0 Å². The summed E-state index contributed by atoms with van der Waals surface area (Å²) in [6.45, 7) is 3.38. The van der Waals surface area contributed by atoms with Crippen molar-refractivity contribution in [1.29, 1.82) is 0 Å². The van der Waals surface area contributed by atoms with Gasteiger partial charge in [-0.25, -0.2) is 8.42 Å². The molecule has 3 rings (SSSR count). The Morgan fingerprint density at radius 1 is 1.08 bits per heavy atom. The minimum absolute atomic E-state index is 0.0971. The molecule has 1 aliphatic heterocycles. The number of hydrogen-bond acceptors (Lipinski definition) is 4. The van der Waals surface area contributed by atoms with Gasteiger partial charge in [-0.2, -0.15) is 0 Å². The number of aryl methyl sites for hydroxylation is 1. The summed E-state index contributed by atoms with van der Waals surface area (Å²) in [4.78, 5) is 18.8. The van der Waals surface area contributed by atoms with Crippen molar-refractivity contribution in [2.75, 3.05) is 24.4 Å². The van der Waals surface area contributed by atoms with E-state index in [1.807, 2.05) is 6.92 Å². The molecule has 1 saturated heterocycles. The van der Waals surface area contributed by atoms with Gasteiger partial charge in [0.05, 0.1) is 22.3 Å². The summed E-state index contributed by atoms with van der Waals surface area (Å²) in [6, 6.07) is 8.27. The Kier molecular flexibility index (Phi) is 5.27. The van der Waals surface area contributed by atoms with Crippen LogP contribution < -0.4 is 4.31 Å². The zero-order valence-corrected chi connectivity index (χ0v) is 15.9. The molecule has 0 spiro atoms. The maximum atomic E-state index is 12.8. The molecule has 7 heteroatoms. The molecule has 1 fully saturated rings. The second kappa shape index (κ2) is 7.45. The predicted octanol–water partition coefficient (Wildman–Crippen LogP) is 2.84. The summed E-state index contributed by atoms with van der Waals surface area (Å²) in [5.41, 5.74) is 1.77. The van der Waals surface area contributed by atoms with Crippen LogP contribution in [0.3, 0.4) is 0 Å². The van der Waals surface area contributed by atoms with Gasteiger partial charge in [0.15, 0.2) is 0 Å². The van der Waals surface area contributed by atoms with Crippen LogP contribution in [0.4, 0.5) is 5.69 Å². The molecule has 1 aromatic heterocycles. The quantitative estimate of drug-likeness (QED) is 0.826. The van der Waals surface area contributed by atoms with Gasteiger partial charge in [-0.15, -0.1) is 0 Å². The summed E-state index contributed by atoms with van der Waals surface area (Å²) < 4.78 is 26.8. The third kappa shape index (κ3) is 3.72. The molecule has 0 N–H and O–H groups in total. The van der Waals surface area contributed by atoms with E-state index in [9.17, 15) is 13.2 Å². The predicted molar refractivity (Wildman–Crippen MR) is 101 cm³/mol. The molecule has 26 heavy (non-hydrogen) atoms. The van der Waals surface area contributed by atoms with Gasteiger partial charge in [-0.3, -0.25) is 14.1 Å². The first-order valence-electron chi connectivity index (χ1n) is 8.69. The second-order valence-electron chi connectivity index (χ2n) is 6.57. The number of amides is 1. The molecule has 0 atom stereocenters. The molecular formula is C19H23N3O3S. The Labute approximate surface area is 154 Å². The van der Waals surface area contributed by atoms with Gasteiger partial charge in [0.25, 0.3) is 15.9 Å². The van der Waals surface area contributed by atoms with Crippen molar-refractivity contribution in [1.82, 2.24) is 9.88 Å². The van der Waals surface area contributed by atoms with E-state index >= 15 is 0 Å². The lowest BCUT2D eigenvalue weighted by Gasteiger charge is -2.27. The number of carbonyl (C=O) groups is 1. The summed E-state index contributed by atoms with van der Waals surface area (Å²) in [5, 5.41) is 0. The number of carbonyl (C=O) groups excluding carboxylic acids is 1. The van der Waals surface area contributed by atoms with Crippen LogP contribution in [-0.2, 0) is 10.0 Å². The Morgan fingerprint density at radius 3 is 2.38 bits per heavy atom. The Hall–Kier alpha value is -2.41. The molecule has 2 heterocycles. The van der Waals surface area contributed by atoms with Crippen LogP contribution in [0.5, 0.6) is 0 Å². The molecule has 1 amide bonds. The number of rotatable bonds is 4. The molecule has 1 aromatic carbocycles. The highest BCUT2D eigenvalue weighted by Crippen LogP contribution is 2.23. The van der Waals surface area contributed by atoms with Gasteiger partial charge in [0, 0.05) is 26.3 Å². The molecule has 1 aliphatic rings. The largest absolute Gasteiger partial charge is 0.339 e. The SMILES string of the molecule is Cc1ccc(S(=O)(=O)N(C)c2cncc(C(=O)N3CCCCC3)c2)cc1. The summed E-state index contributed by atoms with van der Waals surface area (Å²) in [6.07, 6.45) is 6.09. The first kappa shape index (κ1) is 18.4. The van der Waals surface area contributed by atoms with E-state index in [-0.39, 0.29) is 10.8 Å². The maximum absolute atomic E-state index is 12.8. The van der Waals surface area contributed by atoms with Crippen LogP contribution in [-0.4, -0.2) is 44.3 Å². The van der Waals surface area contributed by atoms with Crippen molar-refractivity contribution in [2.45, 2.75) is 31.1 Å². The van der Waals surface area contributed by atoms with Crippen molar-refractivity contribution in [3.8, 4) is 0 Å². The number of benzene rings is 1. The number of piperidine rings is 1. The molecule has 0 unspecified atom stereocenters. The van der Waals surface area contributed by atoms with E-state index in [1.54, 1.807) is 35.2 Å². The smallest absolute Gasteiger partial charge is 0.264 e. The molecule has 0 radical (unpaired) electrons. The number of pyridine rings is 1. The topological polar surface area (TPSA) is 70.6 Å². The molecule has 0 aliphatic carbocycles. The molecule has 138 valence electrons. The van der Waals surface area contributed by atoms with Crippen LogP contribution in [0.2, 0.25) is 0 Å². The normalized spacial score (nSPS) is 14.9. The minimum atomic E-state index is -3.71. The average Bonchev–Trinajstić information content (AvgIpc) is 2.68. The third-order valence-corrected chi connectivity index (χ3v) is 6.46. The van der Waals surface area contributed by atoms with Crippen molar-refractivity contribution in [3.63, 3.8) is 0 Å². The number of sulfonamides is 1. The molecule has 2 aromatic rings. The highest BCUT2D eigenvalue weighted by Gasteiger charge is 2.24. The summed E-state index contributed by atoms with van der Waals surface area (Å²) >= 11 is 0. The molecule has 0 bridgehead atoms. The standard InChI is InChI=1S/C19H23N3O3S/c1-15-6-8-18(9-7-15)26(24,25)21(2)17-12-16(13-20-14-17)19(23)22-10-4-3-5-11-22/h6-9,12-14H,3-5,10-11H2,1-2H3. The van der Waals surface area contributed by atoms with Gasteiger partial charge in [0.1, 0.15) is 0 Å². The van der Waals surface area contributed by atoms with Gasteiger partial charge in [-0.1, -0.05) is 17.7 Å². The van der Waals surface area contributed by atoms with Crippen LogP contribution in [0, 0.1) is 6.92 Å². The van der Waals surface area contributed by atoms with Crippen molar-refractivity contribution < 1.29 is 13.2 Å². The van der Waals surface area contributed by atoms with Crippen molar-refractivity contribution in [3.05, 3.63) is 53.9 Å². The lowest BCUT2D eigenvalue weighted by molar-refractivity contribution is 0.0724. The zero-order chi connectivity index (χ0) is 18.7. The lowest BCUT2D eigenvalue weighted by atomic mass is 10.1. The maximum Gasteiger partial charge on any atom is 0.264 e. The van der Waals surface area contributed by atoms with Gasteiger partial charge >= 0.3 is 0 Å². The van der Waals surface area contributed by atoms with E-state index in [0.29, 0.717) is 11.3 Å². The first-order chi connectivity index (χ1) is 12.4. The number of hydrogen-bond donors (Lipinski definition) is 0. The van der Waals surface area contributed by atoms with Crippen LogP contribution in [0.25, 0.3) is 0 Å². The highest BCUT2D eigenvalue weighted by atomic mass is 32.2.